The van der Waals surface area contributed by atoms with E-state index in [0.29, 0.717) is 32.3 Å². The fourth-order valence-corrected chi connectivity index (χ4v) is 9.97. The predicted octanol–water partition coefficient (Wildman–Crippen LogP) is 4.74. The van der Waals surface area contributed by atoms with Crippen LogP contribution >= 0.6 is 11.8 Å². The largest absolute Gasteiger partial charge is 0.407 e. The molecule has 0 aromatic heterocycles. The molecule has 6 heteroatoms. The Morgan fingerprint density at radius 1 is 1.00 bits per heavy atom. The lowest BCUT2D eigenvalue weighted by atomic mass is 9.99. The molecular weight excluding hydrogens is 448 g/mol. The fraction of sp³-hybridized carbons (Fsp3) is 0.481. The standard InChI is InChI=1S/C27H36O4SSi/c1-5-32-26(29)20-23-19-21(28)18-22(31-23)16-17-30-33(27(2,3)4,24-12-8-6-9-13-24)25-14-10-7-11-15-25/h6-15,22-23H,5,16-20H2,1-4H3/t22-,23+/m0/s1. The van der Waals surface area contributed by atoms with Crippen molar-refractivity contribution in [1.29, 1.82) is 0 Å². The van der Waals surface area contributed by atoms with Crippen LogP contribution in [0.4, 0.5) is 0 Å². The minimum absolute atomic E-state index is 0.0920. The number of benzene rings is 2. The number of Topliss-reactive ketones (excluding diaryl/α,β-unsaturated/α-hetero) is 1. The van der Waals surface area contributed by atoms with Crippen molar-refractivity contribution in [1.82, 2.24) is 0 Å². The molecule has 1 fully saturated rings. The molecule has 1 saturated heterocycles. The van der Waals surface area contributed by atoms with Crippen LogP contribution in [-0.4, -0.2) is 43.8 Å². The molecule has 1 aliphatic heterocycles. The van der Waals surface area contributed by atoms with Crippen molar-refractivity contribution in [2.24, 2.45) is 0 Å². The van der Waals surface area contributed by atoms with E-state index in [1.165, 1.54) is 22.1 Å². The van der Waals surface area contributed by atoms with Crippen LogP contribution in [-0.2, 0) is 18.8 Å². The molecule has 2 atom stereocenters. The fourth-order valence-electron chi connectivity index (χ4n) is 4.76. The number of carbonyl (C=O) groups excluding carboxylic acids is 2. The van der Waals surface area contributed by atoms with Gasteiger partial charge in [0.25, 0.3) is 8.32 Å². The van der Waals surface area contributed by atoms with Gasteiger partial charge in [-0.25, -0.2) is 0 Å². The summed E-state index contributed by atoms with van der Waals surface area (Å²) in [6.45, 7) is 9.24. The maximum atomic E-state index is 12.4. The highest BCUT2D eigenvalue weighted by atomic mass is 32.2. The first-order chi connectivity index (χ1) is 15.8. The van der Waals surface area contributed by atoms with Gasteiger partial charge in [-0.15, -0.1) is 0 Å². The topological polar surface area (TPSA) is 52.6 Å². The van der Waals surface area contributed by atoms with Crippen molar-refractivity contribution in [2.75, 3.05) is 12.4 Å². The van der Waals surface area contributed by atoms with E-state index in [1.807, 2.05) is 19.1 Å². The summed E-state index contributed by atoms with van der Waals surface area (Å²) in [5.41, 5.74) is 0. The van der Waals surface area contributed by atoms with Crippen molar-refractivity contribution in [2.45, 2.75) is 70.6 Å². The van der Waals surface area contributed by atoms with E-state index in [1.54, 1.807) is 0 Å². The van der Waals surface area contributed by atoms with Gasteiger partial charge in [-0.2, -0.15) is 0 Å². The average Bonchev–Trinajstić information content (AvgIpc) is 2.77. The van der Waals surface area contributed by atoms with Crippen LogP contribution in [0.3, 0.4) is 0 Å². The van der Waals surface area contributed by atoms with Crippen LogP contribution in [0.15, 0.2) is 60.7 Å². The number of hydrogen-bond acceptors (Lipinski definition) is 5. The second-order valence-corrected chi connectivity index (χ2v) is 15.3. The van der Waals surface area contributed by atoms with Gasteiger partial charge < -0.3 is 9.16 Å². The molecule has 0 amide bonds. The lowest BCUT2D eigenvalue weighted by molar-refractivity contribution is -0.138. The Balaban J connectivity index is 1.78. The third-order valence-corrected chi connectivity index (χ3v) is 12.0. The lowest BCUT2D eigenvalue weighted by Gasteiger charge is -2.43. The molecule has 0 saturated carbocycles. The Kier molecular flexibility index (Phi) is 9.10. The lowest BCUT2D eigenvalue weighted by Crippen LogP contribution is -2.66. The number of ether oxygens (including phenoxy) is 1. The highest BCUT2D eigenvalue weighted by Crippen LogP contribution is 2.37. The molecule has 33 heavy (non-hydrogen) atoms. The molecule has 3 rings (SSSR count). The average molecular weight is 485 g/mol. The number of hydrogen-bond donors (Lipinski definition) is 0. The zero-order valence-corrected chi connectivity index (χ0v) is 22.0. The Morgan fingerprint density at radius 2 is 1.55 bits per heavy atom. The van der Waals surface area contributed by atoms with Gasteiger partial charge in [0.2, 0.25) is 0 Å². The molecule has 1 aliphatic rings. The van der Waals surface area contributed by atoms with Gasteiger partial charge in [0.15, 0.2) is 5.12 Å². The van der Waals surface area contributed by atoms with Crippen LogP contribution in [0.1, 0.15) is 53.4 Å². The van der Waals surface area contributed by atoms with E-state index in [9.17, 15) is 9.59 Å². The molecule has 1 heterocycles. The third-order valence-electron chi connectivity index (χ3n) is 6.17. The molecule has 0 bridgehead atoms. The Morgan fingerprint density at radius 3 is 2.06 bits per heavy atom. The smallest absolute Gasteiger partial charge is 0.261 e. The monoisotopic (exact) mass is 484 g/mol. The third kappa shape index (κ3) is 6.44. The predicted molar refractivity (Wildman–Crippen MR) is 139 cm³/mol. The number of carbonyl (C=O) groups is 2. The zero-order chi connectivity index (χ0) is 23.9. The molecule has 2 aromatic rings. The Bertz CT molecular complexity index is 871. The van der Waals surface area contributed by atoms with Gasteiger partial charge in [0.05, 0.1) is 12.2 Å². The van der Waals surface area contributed by atoms with Gasteiger partial charge in [-0.1, -0.05) is 100 Å². The van der Waals surface area contributed by atoms with Gasteiger partial charge in [0.1, 0.15) is 5.78 Å². The first kappa shape index (κ1) is 25.9. The second-order valence-electron chi connectivity index (χ2n) is 9.64. The Labute approximate surface area is 203 Å². The maximum Gasteiger partial charge on any atom is 0.261 e. The van der Waals surface area contributed by atoms with Crippen LogP contribution in [0, 0.1) is 0 Å². The van der Waals surface area contributed by atoms with Gasteiger partial charge in [-0.05, 0) is 27.6 Å². The van der Waals surface area contributed by atoms with Crippen molar-refractivity contribution in [3.63, 3.8) is 0 Å². The number of rotatable bonds is 9. The molecular formula is C27H36O4SSi. The summed E-state index contributed by atoms with van der Waals surface area (Å²) in [7, 11) is -2.60. The van der Waals surface area contributed by atoms with E-state index in [4.69, 9.17) is 9.16 Å². The van der Waals surface area contributed by atoms with E-state index in [-0.39, 0.29) is 28.1 Å². The van der Waals surface area contributed by atoms with Crippen LogP contribution in [0.5, 0.6) is 0 Å². The molecule has 0 aliphatic carbocycles. The summed E-state index contributed by atoms with van der Waals surface area (Å²) in [5, 5.41) is 2.49. The van der Waals surface area contributed by atoms with Crippen molar-refractivity contribution in [3.05, 3.63) is 60.7 Å². The number of thioether (sulfide) groups is 1. The molecule has 0 radical (unpaired) electrons. The maximum absolute atomic E-state index is 12.4. The summed E-state index contributed by atoms with van der Waals surface area (Å²) >= 11 is 1.30. The van der Waals surface area contributed by atoms with Crippen molar-refractivity contribution < 1.29 is 18.8 Å². The summed E-state index contributed by atoms with van der Waals surface area (Å²) < 4.78 is 13.1. The van der Waals surface area contributed by atoms with Crippen molar-refractivity contribution >= 4 is 41.4 Å². The zero-order valence-electron chi connectivity index (χ0n) is 20.2. The summed E-state index contributed by atoms with van der Waals surface area (Å²) in [4.78, 5) is 24.4. The van der Waals surface area contributed by atoms with E-state index >= 15 is 0 Å². The van der Waals surface area contributed by atoms with Crippen LogP contribution in [0.25, 0.3) is 0 Å². The van der Waals surface area contributed by atoms with Gasteiger partial charge >= 0.3 is 0 Å². The molecule has 178 valence electrons. The first-order valence-electron chi connectivity index (χ1n) is 11.8. The van der Waals surface area contributed by atoms with Gasteiger partial charge in [0, 0.05) is 25.9 Å². The molecule has 2 aromatic carbocycles. The quantitative estimate of drug-likeness (QED) is 0.481. The van der Waals surface area contributed by atoms with E-state index in [0.717, 1.165) is 5.75 Å². The highest BCUT2D eigenvalue weighted by Gasteiger charge is 2.50. The SMILES string of the molecule is CCSC(=O)C[C@H]1CC(=O)C[C@H](CCO[Si](c2ccccc2)(c2ccccc2)C(C)(C)C)O1. The van der Waals surface area contributed by atoms with Gasteiger partial charge in [-0.3, -0.25) is 9.59 Å². The van der Waals surface area contributed by atoms with Crippen LogP contribution in [0.2, 0.25) is 5.04 Å². The molecule has 4 nitrogen and oxygen atoms in total. The summed E-state index contributed by atoms with van der Waals surface area (Å²) in [6, 6.07) is 21.1. The molecule has 0 N–H and O–H groups in total. The normalized spacial score (nSPS) is 19.5. The van der Waals surface area contributed by atoms with E-state index in [2.05, 4.69) is 69.3 Å². The Hall–Kier alpha value is -1.73. The first-order valence-corrected chi connectivity index (χ1v) is 14.7. The summed E-state index contributed by atoms with van der Waals surface area (Å²) in [6.07, 6.45) is 1.17. The van der Waals surface area contributed by atoms with Crippen molar-refractivity contribution in [3.8, 4) is 0 Å². The number of ketones is 1. The minimum atomic E-state index is -2.60. The molecule has 0 spiro atoms. The summed E-state index contributed by atoms with van der Waals surface area (Å²) in [5.74, 6) is 0.922. The molecule has 0 unspecified atom stereocenters. The van der Waals surface area contributed by atoms with E-state index < -0.39 is 8.32 Å². The van der Waals surface area contributed by atoms with Crippen LogP contribution < -0.4 is 10.4 Å². The second kappa shape index (κ2) is 11.6. The highest BCUT2D eigenvalue weighted by molar-refractivity contribution is 8.13. The minimum Gasteiger partial charge on any atom is -0.407 e.